The minimum absolute atomic E-state index is 0.125. The average molecular weight is 345 g/mol. The van der Waals surface area contributed by atoms with Crippen LogP contribution in [0.3, 0.4) is 0 Å². The Labute approximate surface area is 147 Å². The van der Waals surface area contributed by atoms with Crippen LogP contribution in [0.4, 0.5) is 0 Å². The Hall–Kier alpha value is -2.44. The lowest BCUT2D eigenvalue weighted by atomic mass is 9.91. The molecule has 2 aromatic rings. The maximum atomic E-state index is 12.5. The van der Waals surface area contributed by atoms with Gasteiger partial charge in [-0.2, -0.15) is 10.1 Å². The monoisotopic (exact) mass is 345 g/mol. The highest BCUT2D eigenvalue weighted by Gasteiger charge is 2.19. The molecule has 2 aromatic heterocycles. The fourth-order valence-electron chi connectivity index (χ4n) is 2.69. The molecule has 0 aromatic carbocycles. The first kappa shape index (κ1) is 18.9. The summed E-state index contributed by atoms with van der Waals surface area (Å²) in [5.41, 5.74) is 2.92. The van der Waals surface area contributed by atoms with Gasteiger partial charge in [0.05, 0.1) is 5.69 Å². The third-order valence-corrected chi connectivity index (χ3v) is 4.18. The number of nitrogens with zero attached hydrogens (tertiary/aromatic N) is 3. The summed E-state index contributed by atoms with van der Waals surface area (Å²) in [6.45, 7) is 14.3. The summed E-state index contributed by atoms with van der Waals surface area (Å²) in [7, 11) is 0. The highest BCUT2D eigenvalue weighted by Crippen LogP contribution is 2.19. The van der Waals surface area contributed by atoms with E-state index in [2.05, 4.69) is 34.2 Å². The van der Waals surface area contributed by atoms with E-state index in [4.69, 9.17) is 0 Å². The molecule has 0 atom stereocenters. The van der Waals surface area contributed by atoms with Crippen LogP contribution in [0.15, 0.2) is 10.9 Å². The van der Waals surface area contributed by atoms with E-state index in [-0.39, 0.29) is 23.1 Å². The second-order valence-corrected chi connectivity index (χ2v) is 7.61. The lowest BCUT2D eigenvalue weighted by molar-refractivity contribution is 0.0945. The van der Waals surface area contributed by atoms with E-state index in [1.54, 1.807) is 6.07 Å². The lowest BCUT2D eigenvalue weighted by Gasteiger charge is -2.18. The Morgan fingerprint density at radius 2 is 1.96 bits per heavy atom. The Morgan fingerprint density at radius 1 is 1.32 bits per heavy atom. The smallest absolute Gasteiger partial charge is 0.345 e. The summed E-state index contributed by atoms with van der Waals surface area (Å²) in [5, 5.41) is 7.36. The number of aryl methyl sites for hydroxylation is 1. The Kier molecular flexibility index (Phi) is 5.15. The van der Waals surface area contributed by atoms with Gasteiger partial charge in [-0.15, -0.1) is 0 Å². The molecular weight excluding hydrogens is 318 g/mol. The molecule has 7 nitrogen and oxygen atoms in total. The van der Waals surface area contributed by atoms with E-state index in [1.807, 2.05) is 39.3 Å². The summed E-state index contributed by atoms with van der Waals surface area (Å²) in [5.74, 6) is -0.368. The van der Waals surface area contributed by atoms with Crippen LogP contribution in [-0.4, -0.2) is 25.7 Å². The van der Waals surface area contributed by atoms with E-state index in [0.29, 0.717) is 12.2 Å². The van der Waals surface area contributed by atoms with E-state index in [1.165, 1.54) is 0 Å². The van der Waals surface area contributed by atoms with Crippen LogP contribution >= 0.6 is 0 Å². The van der Waals surface area contributed by atoms with Gasteiger partial charge in [0.1, 0.15) is 5.69 Å². The summed E-state index contributed by atoms with van der Waals surface area (Å²) in [6.07, 6.45) is 0. The minimum Gasteiger partial charge on any atom is -0.346 e. The maximum absolute atomic E-state index is 12.5. The minimum atomic E-state index is -0.516. The van der Waals surface area contributed by atoms with E-state index >= 15 is 0 Å². The molecule has 0 bridgehead atoms. The molecule has 0 saturated heterocycles. The first-order valence-corrected chi connectivity index (χ1v) is 8.45. The zero-order chi connectivity index (χ0) is 18.9. The molecule has 0 aliphatic rings. The van der Waals surface area contributed by atoms with Crippen LogP contribution in [0.1, 0.15) is 73.8 Å². The average Bonchev–Trinajstić information content (AvgIpc) is 2.78. The normalized spacial score (nSPS) is 11.8. The first-order valence-electron chi connectivity index (χ1n) is 8.45. The number of hydrogen-bond acceptors (Lipinski definition) is 4. The number of rotatable bonds is 4. The van der Waals surface area contributed by atoms with Gasteiger partial charge in [-0.25, -0.2) is 4.79 Å². The second kappa shape index (κ2) is 6.82. The maximum Gasteiger partial charge on any atom is 0.345 e. The lowest BCUT2D eigenvalue weighted by Crippen LogP contribution is -2.29. The quantitative estimate of drug-likeness (QED) is 0.890. The van der Waals surface area contributed by atoms with Crippen molar-refractivity contribution in [1.29, 1.82) is 0 Å². The molecule has 0 radical (unpaired) electrons. The van der Waals surface area contributed by atoms with Crippen molar-refractivity contribution in [3.63, 3.8) is 0 Å². The molecule has 2 N–H and O–H groups in total. The third kappa shape index (κ3) is 4.15. The molecule has 7 heteroatoms. The van der Waals surface area contributed by atoms with Gasteiger partial charge >= 0.3 is 5.69 Å². The third-order valence-electron chi connectivity index (χ3n) is 4.18. The topological polar surface area (TPSA) is 92.7 Å². The number of hydrogen-bond donors (Lipinski definition) is 2. The van der Waals surface area contributed by atoms with Gasteiger partial charge in [-0.1, -0.05) is 20.8 Å². The van der Waals surface area contributed by atoms with Crippen LogP contribution in [-0.2, 0) is 12.0 Å². The van der Waals surface area contributed by atoms with Crippen molar-refractivity contribution in [3.8, 4) is 0 Å². The highest BCUT2D eigenvalue weighted by molar-refractivity contribution is 5.92. The van der Waals surface area contributed by atoms with Gasteiger partial charge in [0.25, 0.3) is 5.91 Å². The Bertz CT molecular complexity index is 840. The highest BCUT2D eigenvalue weighted by atomic mass is 16.2. The fraction of sp³-hybridized carbons (Fsp3) is 0.556. The van der Waals surface area contributed by atoms with Crippen molar-refractivity contribution in [2.24, 2.45) is 0 Å². The van der Waals surface area contributed by atoms with Gasteiger partial charge in [-0.3, -0.25) is 9.48 Å². The predicted octanol–water partition coefficient (Wildman–Crippen LogP) is 2.39. The van der Waals surface area contributed by atoms with Crippen LogP contribution in [0.2, 0.25) is 0 Å². The van der Waals surface area contributed by atoms with E-state index in [0.717, 1.165) is 17.0 Å². The predicted molar refractivity (Wildman–Crippen MR) is 96.8 cm³/mol. The van der Waals surface area contributed by atoms with Crippen LogP contribution in [0, 0.1) is 13.8 Å². The zero-order valence-electron chi connectivity index (χ0n) is 16.0. The van der Waals surface area contributed by atoms with Gasteiger partial charge in [0, 0.05) is 35.0 Å². The van der Waals surface area contributed by atoms with Crippen LogP contribution < -0.4 is 11.0 Å². The molecule has 0 unspecified atom stereocenters. The SMILES string of the molecule is Cc1nn(C(C)C)c(C)c1CNC(=O)c1cc(C(C)(C)C)[nH]c(=O)n1. The molecule has 0 aliphatic heterocycles. The number of nitrogens with one attached hydrogen (secondary N) is 2. The number of carbonyl (C=O) groups is 1. The van der Waals surface area contributed by atoms with E-state index < -0.39 is 5.69 Å². The Morgan fingerprint density at radius 3 is 2.48 bits per heavy atom. The van der Waals surface area contributed by atoms with Crippen molar-refractivity contribution in [2.45, 2.75) is 66.5 Å². The molecule has 0 saturated carbocycles. The van der Waals surface area contributed by atoms with Gasteiger partial charge in [-0.05, 0) is 33.8 Å². The number of H-pyrrole nitrogens is 1. The summed E-state index contributed by atoms with van der Waals surface area (Å²) >= 11 is 0. The van der Waals surface area contributed by atoms with Crippen molar-refractivity contribution in [2.75, 3.05) is 0 Å². The van der Waals surface area contributed by atoms with Crippen molar-refractivity contribution >= 4 is 5.91 Å². The van der Waals surface area contributed by atoms with Crippen molar-refractivity contribution < 1.29 is 4.79 Å². The molecule has 2 heterocycles. The van der Waals surface area contributed by atoms with Gasteiger partial charge < -0.3 is 10.3 Å². The number of aromatic nitrogens is 4. The molecule has 2 rings (SSSR count). The molecule has 0 fully saturated rings. The second-order valence-electron chi connectivity index (χ2n) is 7.61. The van der Waals surface area contributed by atoms with Gasteiger partial charge in [0.2, 0.25) is 0 Å². The summed E-state index contributed by atoms with van der Waals surface area (Å²) in [4.78, 5) is 30.7. The number of carbonyl (C=O) groups excluding carboxylic acids is 1. The van der Waals surface area contributed by atoms with E-state index in [9.17, 15) is 9.59 Å². The number of aromatic amines is 1. The summed E-state index contributed by atoms with van der Waals surface area (Å²) in [6, 6.07) is 1.89. The fourth-order valence-corrected chi connectivity index (χ4v) is 2.69. The molecular formula is C18H27N5O2. The molecule has 0 spiro atoms. The first-order chi connectivity index (χ1) is 11.5. The van der Waals surface area contributed by atoms with Crippen molar-refractivity contribution in [1.82, 2.24) is 25.1 Å². The standard InChI is InChI=1S/C18H27N5O2/c1-10(2)23-12(4)13(11(3)22-23)9-19-16(24)14-8-15(18(5,6)7)21-17(25)20-14/h8,10H,9H2,1-7H3,(H,19,24)(H,20,21,25). The Balaban J connectivity index is 2.22. The van der Waals surface area contributed by atoms with Crippen LogP contribution in [0.25, 0.3) is 0 Å². The molecule has 136 valence electrons. The summed E-state index contributed by atoms with van der Waals surface area (Å²) < 4.78 is 1.94. The zero-order valence-corrected chi connectivity index (χ0v) is 16.0. The molecule has 1 amide bonds. The van der Waals surface area contributed by atoms with Crippen LogP contribution in [0.5, 0.6) is 0 Å². The largest absolute Gasteiger partial charge is 0.346 e. The molecule has 25 heavy (non-hydrogen) atoms. The molecule has 0 aliphatic carbocycles. The number of amides is 1. The van der Waals surface area contributed by atoms with Crippen molar-refractivity contribution in [3.05, 3.63) is 44.9 Å². The van der Waals surface area contributed by atoms with Gasteiger partial charge in [0.15, 0.2) is 0 Å².